The molecule has 2 aromatic rings. The molecule has 1 saturated heterocycles. The van der Waals surface area contributed by atoms with Crippen LogP contribution in [0, 0.1) is 0 Å². The zero-order valence-corrected chi connectivity index (χ0v) is 9.35. The predicted octanol–water partition coefficient (Wildman–Crippen LogP) is 2.57. The summed E-state index contributed by atoms with van der Waals surface area (Å²) in [7, 11) is 0. The minimum absolute atomic E-state index is 0.155. The molecule has 0 aromatic heterocycles. The van der Waals surface area contributed by atoms with Gasteiger partial charge in [0.2, 0.25) is 0 Å². The van der Waals surface area contributed by atoms with Gasteiger partial charge in [0, 0.05) is 17.5 Å². The summed E-state index contributed by atoms with van der Waals surface area (Å²) in [6, 6.07) is 14.0. The van der Waals surface area contributed by atoms with Crippen LogP contribution in [0.15, 0.2) is 42.5 Å². The molecule has 1 atom stereocenters. The molecule has 3 nitrogen and oxygen atoms in total. The summed E-state index contributed by atoms with van der Waals surface area (Å²) in [6.07, 6.45) is 0.738. The largest absolute Gasteiger partial charge is 0.464 e. The molecule has 3 rings (SSSR count). The van der Waals surface area contributed by atoms with Crippen molar-refractivity contribution in [3.05, 3.63) is 42.5 Å². The van der Waals surface area contributed by atoms with Gasteiger partial charge in [0.05, 0.1) is 6.61 Å². The molecule has 0 unspecified atom stereocenters. The van der Waals surface area contributed by atoms with Crippen molar-refractivity contribution in [3.8, 4) is 0 Å². The summed E-state index contributed by atoms with van der Waals surface area (Å²) in [5, 5.41) is 5.56. The Kier molecular flexibility index (Phi) is 2.44. The summed E-state index contributed by atoms with van der Waals surface area (Å²) in [5.74, 6) is -0.155. The highest BCUT2D eigenvalue weighted by Crippen LogP contribution is 2.25. The van der Waals surface area contributed by atoms with Gasteiger partial charge in [-0.1, -0.05) is 36.4 Å². The van der Waals surface area contributed by atoms with Crippen LogP contribution in [0.5, 0.6) is 0 Å². The highest BCUT2D eigenvalue weighted by molar-refractivity contribution is 5.95. The van der Waals surface area contributed by atoms with Crippen molar-refractivity contribution in [1.82, 2.24) is 0 Å². The number of esters is 1. The average molecular weight is 227 g/mol. The molecule has 1 aliphatic heterocycles. The fourth-order valence-electron chi connectivity index (χ4n) is 2.17. The molecule has 3 heteroatoms. The number of nitrogens with one attached hydrogen (secondary N) is 1. The Balaban J connectivity index is 1.97. The van der Waals surface area contributed by atoms with Crippen LogP contribution < -0.4 is 5.32 Å². The van der Waals surface area contributed by atoms with Gasteiger partial charge in [0.15, 0.2) is 0 Å². The number of rotatable bonds is 2. The second-order valence-corrected chi connectivity index (χ2v) is 4.18. The topological polar surface area (TPSA) is 38.3 Å². The van der Waals surface area contributed by atoms with Gasteiger partial charge in [-0.2, -0.15) is 0 Å². The lowest BCUT2D eigenvalue weighted by molar-refractivity contribution is -0.138. The van der Waals surface area contributed by atoms with E-state index in [0.29, 0.717) is 6.61 Å². The summed E-state index contributed by atoms with van der Waals surface area (Å²) in [4.78, 5) is 11.4. The van der Waals surface area contributed by atoms with Crippen molar-refractivity contribution in [3.63, 3.8) is 0 Å². The van der Waals surface area contributed by atoms with E-state index < -0.39 is 0 Å². The van der Waals surface area contributed by atoms with Crippen molar-refractivity contribution in [1.29, 1.82) is 0 Å². The lowest BCUT2D eigenvalue weighted by Gasteiger charge is -2.12. The highest BCUT2D eigenvalue weighted by atomic mass is 16.5. The molecule has 1 fully saturated rings. The zero-order chi connectivity index (χ0) is 11.7. The fraction of sp³-hybridized carbons (Fsp3) is 0.214. The third kappa shape index (κ3) is 1.84. The van der Waals surface area contributed by atoms with Crippen molar-refractivity contribution in [2.45, 2.75) is 12.5 Å². The van der Waals surface area contributed by atoms with Crippen LogP contribution in [0.1, 0.15) is 6.42 Å². The maximum atomic E-state index is 11.4. The standard InChI is InChI=1S/C14H13NO2/c16-14-13(8-9-17-14)15-12-7-3-5-10-4-1-2-6-11(10)12/h1-7,13,15H,8-9H2/t13-/m0/s1. The zero-order valence-electron chi connectivity index (χ0n) is 9.35. The summed E-state index contributed by atoms with van der Waals surface area (Å²) < 4.78 is 4.95. The van der Waals surface area contributed by atoms with Gasteiger partial charge in [-0.25, -0.2) is 4.79 Å². The first kappa shape index (κ1) is 10.1. The Hall–Kier alpha value is -2.03. The molecule has 0 radical (unpaired) electrons. The van der Waals surface area contributed by atoms with Crippen LogP contribution in [-0.4, -0.2) is 18.6 Å². The first-order valence-electron chi connectivity index (χ1n) is 5.75. The molecule has 86 valence electrons. The van der Waals surface area contributed by atoms with E-state index in [1.165, 1.54) is 5.39 Å². The molecule has 0 saturated carbocycles. The van der Waals surface area contributed by atoms with Gasteiger partial charge in [-0.3, -0.25) is 0 Å². The number of hydrogen-bond acceptors (Lipinski definition) is 3. The molecular weight excluding hydrogens is 214 g/mol. The van der Waals surface area contributed by atoms with Crippen molar-refractivity contribution < 1.29 is 9.53 Å². The van der Waals surface area contributed by atoms with Crippen LogP contribution in [-0.2, 0) is 9.53 Å². The minimum Gasteiger partial charge on any atom is -0.464 e. The van der Waals surface area contributed by atoms with Gasteiger partial charge < -0.3 is 10.1 Å². The van der Waals surface area contributed by atoms with E-state index in [1.807, 2.05) is 24.3 Å². The van der Waals surface area contributed by atoms with Crippen LogP contribution in [0.4, 0.5) is 5.69 Å². The Bertz CT molecular complexity index is 560. The van der Waals surface area contributed by atoms with E-state index in [0.717, 1.165) is 17.5 Å². The number of benzene rings is 2. The minimum atomic E-state index is -0.208. The van der Waals surface area contributed by atoms with Gasteiger partial charge in [-0.05, 0) is 11.5 Å². The number of carbonyl (C=O) groups excluding carboxylic acids is 1. The number of fused-ring (bicyclic) bond motifs is 1. The molecule has 0 amide bonds. The Labute approximate surface area is 99.4 Å². The first-order chi connectivity index (χ1) is 8.34. The Morgan fingerprint density at radius 1 is 1.12 bits per heavy atom. The third-order valence-electron chi connectivity index (χ3n) is 3.05. The summed E-state index contributed by atoms with van der Waals surface area (Å²) in [6.45, 7) is 0.515. The van der Waals surface area contributed by atoms with Gasteiger partial charge >= 0.3 is 5.97 Å². The van der Waals surface area contributed by atoms with E-state index in [4.69, 9.17) is 4.74 Å². The average Bonchev–Trinajstić information content (AvgIpc) is 2.76. The quantitative estimate of drug-likeness (QED) is 0.801. The maximum Gasteiger partial charge on any atom is 0.328 e. The number of ether oxygens (including phenoxy) is 1. The van der Waals surface area contributed by atoms with Crippen molar-refractivity contribution >= 4 is 22.4 Å². The molecule has 0 spiro atoms. The second-order valence-electron chi connectivity index (χ2n) is 4.18. The van der Waals surface area contributed by atoms with Gasteiger partial charge in [0.25, 0.3) is 0 Å². The molecular formula is C14H13NO2. The maximum absolute atomic E-state index is 11.4. The first-order valence-corrected chi connectivity index (χ1v) is 5.75. The van der Waals surface area contributed by atoms with Crippen molar-refractivity contribution in [2.75, 3.05) is 11.9 Å². The van der Waals surface area contributed by atoms with Gasteiger partial charge in [-0.15, -0.1) is 0 Å². The molecule has 0 aliphatic carbocycles. The van der Waals surface area contributed by atoms with E-state index in [9.17, 15) is 4.79 Å². The fourth-order valence-corrected chi connectivity index (χ4v) is 2.17. The second kappa shape index (κ2) is 4.09. The predicted molar refractivity (Wildman–Crippen MR) is 66.9 cm³/mol. The number of cyclic esters (lactones) is 1. The van der Waals surface area contributed by atoms with E-state index in [2.05, 4.69) is 23.5 Å². The van der Waals surface area contributed by atoms with E-state index in [-0.39, 0.29) is 12.0 Å². The lowest BCUT2D eigenvalue weighted by Crippen LogP contribution is -2.24. The summed E-state index contributed by atoms with van der Waals surface area (Å²) >= 11 is 0. The normalized spacial score (nSPS) is 19.3. The highest BCUT2D eigenvalue weighted by Gasteiger charge is 2.26. The SMILES string of the molecule is O=C1OCC[C@@H]1Nc1cccc2ccccc12. The van der Waals surface area contributed by atoms with Crippen LogP contribution in [0.2, 0.25) is 0 Å². The molecule has 0 bridgehead atoms. The van der Waals surface area contributed by atoms with Crippen molar-refractivity contribution in [2.24, 2.45) is 0 Å². The van der Waals surface area contributed by atoms with E-state index in [1.54, 1.807) is 0 Å². The third-order valence-corrected chi connectivity index (χ3v) is 3.05. The molecule has 1 aliphatic rings. The molecule has 2 aromatic carbocycles. The molecule has 1 N–H and O–H groups in total. The van der Waals surface area contributed by atoms with E-state index >= 15 is 0 Å². The molecule has 1 heterocycles. The van der Waals surface area contributed by atoms with Crippen LogP contribution in [0.3, 0.4) is 0 Å². The Morgan fingerprint density at radius 2 is 1.94 bits per heavy atom. The van der Waals surface area contributed by atoms with Crippen LogP contribution in [0.25, 0.3) is 10.8 Å². The number of anilines is 1. The van der Waals surface area contributed by atoms with Gasteiger partial charge in [0.1, 0.15) is 6.04 Å². The van der Waals surface area contributed by atoms with Crippen LogP contribution >= 0.6 is 0 Å². The number of carbonyl (C=O) groups is 1. The molecule has 17 heavy (non-hydrogen) atoms. The Morgan fingerprint density at radius 3 is 2.76 bits per heavy atom. The monoisotopic (exact) mass is 227 g/mol. The number of hydrogen-bond donors (Lipinski definition) is 1. The summed E-state index contributed by atoms with van der Waals surface area (Å²) in [5.41, 5.74) is 0.993. The smallest absolute Gasteiger partial charge is 0.328 e. The lowest BCUT2D eigenvalue weighted by atomic mass is 10.1.